The van der Waals surface area contributed by atoms with Crippen molar-refractivity contribution < 1.29 is 5.11 Å². The lowest BCUT2D eigenvalue weighted by Gasteiger charge is -2.19. The second-order valence-electron chi connectivity index (χ2n) is 6.26. The largest absolute Gasteiger partial charge is 0.394 e. The molecule has 0 unspecified atom stereocenters. The third-order valence-corrected chi connectivity index (χ3v) is 4.48. The van der Waals surface area contributed by atoms with E-state index in [9.17, 15) is 5.11 Å². The van der Waals surface area contributed by atoms with Crippen molar-refractivity contribution in [2.24, 2.45) is 0 Å². The maximum Gasteiger partial charge on any atom is 0.111 e. The second kappa shape index (κ2) is 6.98. The first-order valence-electron chi connectivity index (χ1n) is 8.58. The Morgan fingerprint density at radius 2 is 1.73 bits per heavy atom. The van der Waals surface area contributed by atoms with Crippen LogP contribution >= 0.6 is 0 Å². The average molecular weight is 344 g/mol. The molecular weight excluding hydrogens is 324 g/mol. The molecule has 0 bridgehead atoms. The Labute approximate surface area is 152 Å². The van der Waals surface area contributed by atoms with E-state index in [1.807, 2.05) is 78.2 Å². The molecule has 2 N–H and O–H groups in total. The molecule has 1 atom stereocenters. The molecule has 0 aliphatic carbocycles. The summed E-state index contributed by atoms with van der Waals surface area (Å²) in [7, 11) is 0. The zero-order valence-corrected chi connectivity index (χ0v) is 14.5. The topological polar surface area (TPSA) is 66.7 Å². The lowest BCUT2D eigenvalue weighted by atomic mass is 10.0. The highest BCUT2D eigenvalue weighted by atomic mass is 16.3. The minimum atomic E-state index is -0.229. The van der Waals surface area contributed by atoms with E-state index in [1.165, 1.54) is 0 Å². The maximum atomic E-state index is 10.1. The SMILES string of the molecule is Cc1cc(-c2c(-c3ccccc3)ncn2[C@H](CO)c2ccccc2)n[nH]1. The van der Waals surface area contributed by atoms with Gasteiger partial charge in [0, 0.05) is 11.3 Å². The molecule has 0 fully saturated rings. The van der Waals surface area contributed by atoms with Crippen LogP contribution in [0.2, 0.25) is 0 Å². The Kier molecular flexibility index (Phi) is 4.37. The molecule has 130 valence electrons. The van der Waals surface area contributed by atoms with Crippen molar-refractivity contribution in [1.82, 2.24) is 19.7 Å². The highest BCUT2D eigenvalue weighted by Crippen LogP contribution is 2.34. The first-order valence-corrected chi connectivity index (χ1v) is 8.58. The van der Waals surface area contributed by atoms with Crippen molar-refractivity contribution in [2.45, 2.75) is 13.0 Å². The molecule has 4 aromatic rings. The zero-order valence-electron chi connectivity index (χ0n) is 14.5. The molecule has 2 heterocycles. The third-order valence-electron chi connectivity index (χ3n) is 4.48. The summed E-state index contributed by atoms with van der Waals surface area (Å²) in [5.74, 6) is 0. The number of rotatable bonds is 5. The normalized spacial score (nSPS) is 12.2. The summed E-state index contributed by atoms with van der Waals surface area (Å²) < 4.78 is 2.01. The number of hydrogen-bond donors (Lipinski definition) is 2. The zero-order chi connectivity index (χ0) is 17.9. The molecular formula is C21H20N4O. The predicted octanol–water partition coefficient (Wildman–Crippen LogP) is 3.83. The number of aromatic nitrogens is 4. The third kappa shape index (κ3) is 2.93. The number of benzene rings is 2. The Bertz CT molecular complexity index is 989. The van der Waals surface area contributed by atoms with E-state index >= 15 is 0 Å². The number of hydrogen-bond acceptors (Lipinski definition) is 3. The quantitative estimate of drug-likeness (QED) is 0.578. The molecule has 0 amide bonds. The van der Waals surface area contributed by atoms with Crippen LogP contribution in [0.15, 0.2) is 73.1 Å². The molecule has 2 aromatic carbocycles. The van der Waals surface area contributed by atoms with Crippen LogP contribution in [0.25, 0.3) is 22.6 Å². The molecule has 0 saturated heterocycles. The van der Waals surface area contributed by atoms with Crippen LogP contribution in [0.1, 0.15) is 17.3 Å². The molecule has 26 heavy (non-hydrogen) atoms. The lowest BCUT2D eigenvalue weighted by Crippen LogP contribution is -2.15. The van der Waals surface area contributed by atoms with Crippen LogP contribution in [0.5, 0.6) is 0 Å². The molecule has 0 radical (unpaired) electrons. The van der Waals surface area contributed by atoms with E-state index in [-0.39, 0.29) is 12.6 Å². The van der Waals surface area contributed by atoms with Crippen LogP contribution in [0.3, 0.4) is 0 Å². The summed E-state index contributed by atoms with van der Waals surface area (Å²) in [6, 6.07) is 21.8. The van der Waals surface area contributed by atoms with E-state index in [2.05, 4.69) is 15.2 Å². The monoisotopic (exact) mass is 344 g/mol. The van der Waals surface area contributed by atoms with Gasteiger partial charge in [0.15, 0.2) is 0 Å². The van der Waals surface area contributed by atoms with Gasteiger partial charge in [0.05, 0.1) is 30.4 Å². The van der Waals surface area contributed by atoms with Gasteiger partial charge in [-0.3, -0.25) is 5.10 Å². The minimum absolute atomic E-state index is 0.0228. The van der Waals surface area contributed by atoms with E-state index in [4.69, 9.17) is 0 Å². The summed E-state index contributed by atoms with van der Waals surface area (Å²) in [5, 5.41) is 17.6. The molecule has 5 nitrogen and oxygen atoms in total. The van der Waals surface area contributed by atoms with Crippen molar-refractivity contribution >= 4 is 0 Å². The highest BCUT2D eigenvalue weighted by Gasteiger charge is 2.23. The number of aliphatic hydroxyl groups excluding tert-OH is 1. The van der Waals surface area contributed by atoms with Gasteiger partial charge in [-0.2, -0.15) is 5.10 Å². The standard InChI is InChI=1S/C21H20N4O/c1-15-12-18(24-23-15)21-20(17-10-6-3-7-11-17)22-14-25(21)19(13-26)16-8-4-2-5-9-16/h2-12,14,19,26H,13H2,1H3,(H,23,24)/t19-/m1/s1. The van der Waals surface area contributed by atoms with E-state index in [0.717, 1.165) is 33.9 Å². The minimum Gasteiger partial charge on any atom is -0.394 e. The van der Waals surface area contributed by atoms with Crippen LogP contribution in [-0.4, -0.2) is 31.5 Å². The van der Waals surface area contributed by atoms with Gasteiger partial charge < -0.3 is 9.67 Å². The number of H-pyrrole nitrogens is 1. The first kappa shape index (κ1) is 16.3. The Balaban J connectivity index is 1.91. The van der Waals surface area contributed by atoms with Gasteiger partial charge >= 0.3 is 0 Å². The summed E-state index contributed by atoms with van der Waals surface area (Å²) >= 11 is 0. The molecule has 0 aliphatic heterocycles. The summed E-state index contributed by atoms with van der Waals surface area (Å²) in [6.45, 7) is 1.95. The van der Waals surface area contributed by atoms with Crippen LogP contribution in [0, 0.1) is 6.92 Å². The van der Waals surface area contributed by atoms with Gasteiger partial charge in [-0.05, 0) is 18.6 Å². The Morgan fingerprint density at radius 3 is 2.35 bits per heavy atom. The molecule has 2 aromatic heterocycles. The fourth-order valence-corrected chi connectivity index (χ4v) is 3.23. The van der Waals surface area contributed by atoms with Crippen LogP contribution in [-0.2, 0) is 0 Å². The predicted molar refractivity (Wildman–Crippen MR) is 102 cm³/mol. The van der Waals surface area contributed by atoms with Gasteiger partial charge in [-0.15, -0.1) is 0 Å². The fraction of sp³-hybridized carbons (Fsp3) is 0.143. The molecule has 5 heteroatoms. The number of aliphatic hydroxyl groups is 1. The van der Waals surface area contributed by atoms with Crippen LogP contribution in [0.4, 0.5) is 0 Å². The van der Waals surface area contributed by atoms with Crippen molar-refractivity contribution in [3.63, 3.8) is 0 Å². The lowest BCUT2D eigenvalue weighted by molar-refractivity contribution is 0.250. The molecule has 0 spiro atoms. The maximum absolute atomic E-state index is 10.1. The second-order valence-corrected chi connectivity index (χ2v) is 6.26. The molecule has 0 saturated carbocycles. The van der Waals surface area contributed by atoms with Gasteiger partial charge in [-0.25, -0.2) is 4.98 Å². The number of nitrogens with one attached hydrogen (secondary N) is 1. The number of aromatic amines is 1. The first-order chi connectivity index (χ1) is 12.8. The number of imidazole rings is 1. The number of nitrogens with zero attached hydrogens (tertiary/aromatic N) is 3. The summed E-state index contributed by atoms with van der Waals surface area (Å²) in [6.07, 6.45) is 1.79. The van der Waals surface area contributed by atoms with Gasteiger partial charge in [0.25, 0.3) is 0 Å². The Morgan fingerprint density at radius 1 is 1.04 bits per heavy atom. The molecule has 0 aliphatic rings. The van der Waals surface area contributed by atoms with Gasteiger partial charge in [-0.1, -0.05) is 60.7 Å². The fourth-order valence-electron chi connectivity index (χ4n) is 3.23. The van der Waals surface area contributed by atoms with E-state index in [0.29, 0.717) is 0 Å². The van der Waals surface area contributed by atoms with Gasteiger partial charge in [0.1, 0.15) is 5.69 Å². The Hall–Kier alpha value is -3.18. The van der Waals surface area contributed by atoms with E-state index < -0.39 is 0 Å². The smallest absolute Gasteiger partial charge is 0.111 e. The molecule has 4 rings (SSSR count). The van der Waals surface area contributed by atoms with Crippen molar-refractivity contribution in [1.29, 1.82) is 0 Å². The van der Waals surface area contributed by atoms with Crippen LogP contribution < -0.4 is 0 Å². The van der Waals surface area contributed by atoms with Gasteiger partial charge in [0.2, 0.25) is 0 Å². The number of aryl methyl sites for hydroxylation is 1. The van der Waals surface area contributed by atoms with Crippen molar-refractivity contribution in [3.8, 4) is 22.6 Å². The summed E-state index contributed by atoms with van der Waals surface area (Å²) in [4.78, 5) is 4.66. The van der Waals surface area contributed by atoms with Crippen molar-refractivity contribution in [3.05, 3.63) is 84.3 Å². The summed E-state index contributed by atoms with van der Waals surface area (Å²) in [5.41, 5.74) is 5.59. The van der Waals surface area contributed by atoms with Crippen molar-refractivity contribution in [2.75, 3.05) is 6.61 Å². The average Bonchev–Trinajstić information content (AvgIpc) is 3.30. The highest BCUT2D eigenvalue weighted by molar-refractivity contribution is 5.77. The van der Waals surface area contributed by atoms with E-state index in [1.54, 1.807) is 6.33 Å².